The van der Waals surface area contributed by atoms with Crippen LogP contribution in [-0.4, -0.2) is 14.2 Å². The van der Waals surface area contributed by atoms with E-state index >= 15 is 0 Å². The van der Waals surface area contributed by atoms with Gasteiger partial charge in [-0.3, -0.25) is 5.32 Å². The molecule has 0 saturated carbocycles. The normalized spacial score (nSPS) is 13.8. The highest BCUT2D eigenvalue weighted by Gasteiger charge is 2.19. The zero-order chi connectivity index (χ0) is 13.2. The minimum absolute atomic E-state index is 0.0241. The molecule has 0 saturated heterocycles. The van der Waals surface area contributed by atoms with Gasteiger partial charge in [0, 0.05) is 12.7 Å². The predicted octanol–water partition coefficient (Wildman–Crippen LogP) is 3.47. The fourth-order valence-corrected chi connectivity index (χ4v) is 2.20. The van der Waals surface area contributed by atoms with Crippen LogP contribution in [0.1, 0.15) is 49.3 Å². The summed E-state index contributed by atoms with van der Waals surface area (Å²) in [6.07, 6.45) is -0.0241. The highest BCUT2D eigenvalue weighted by atomic mass is 16.5. The molecular formula is C15H25NO. The molecule has 1 rings (SSSR count). The van der Waals surface area contributed by atoms with Crippen molar-refractivity contribution in [3.63, 3.8) is 0 Å². The van der Waals surface area contributed by atoms with Crippen LogP contribution in [0, 0.1) is 13.8 Å². The van der Waals surface area contributed by atoms with E-state index in [2.05, 4.69) is 52.1 Å². The van der Waals surface area contributed by atoms with Crippen molar-refractivity contribution in [2.24, 2.45) is 0 Å². The lowest BCUT2D eigenvalue weighted by molar-refractivity contribution is 0.0798. The monoisotopic (exact) mass is 235 g/mol. The molecule has 2 heteroatoms. The molecule has 0 aliphatic rings. The van der Waals surface area contributed by atoms with Crippen molar-refractivity contribution in [2.45, 2.75) is 46.3 Å². The second kappa shape index (κ2) is 5.19. The number of methoxy groups -OCH3 is 1. The number of ether oxygens (including phenoxy) is 1. The third-order valence-corrected chi connectivity index (χ3v) is 3.22. The third-order valence-electron chi connectivity index (χ3n) is 3.22. The van der Waals surface area contributed by atoms with Gasteiger partial charge in [-0.25, -0.2) is 0 Å². The zero-order valence-electron chi connectivity index (χ0n) is 12.1. The standard InChI is InChI=1S/C15H25NO/c1-10-8-12(15(3,4)5)9-11(2)13(10)14(16-6)17-7/h8-9,14,16H,1-7H3. The molecule has 0 aliphatic carbocycles. The number of hydrogen-bond donors (Lipinski definition) is 1. The van der Waals surface area contributed by atoms with Crippen molar-refractivity contribution in [1.82, 2.24) is 5.32 Å². The average molecular weight is 235 g/mol. The largest absolute Gasteiger partial charge is 0.362 e. The second-order valence-electron chi connectivity index (χ2n) is 5.68. The van der Waals surface area contributed by atoms with Crippen molar-refractivity contribution in [2.75, 3.05) is 14.2 Å². The van der Waals surface area contributed by atoms with Crippen LogP contribution in [0.5, 0.6) is 0 Å². The SMILES string of the molecule is CNC(OC)c1c(C)cc(C(C)(C)C)cc1C. The van der Waals surface area contributed by atoms with Crippen molar-refractivity contribution in [1.29, 1.82) is 0 Å². The maximum absolute atomic E-state index is 5.46. The molecule has 1 unspecified atom stereocenters. The van der Waals surface area contributed by atoms with Gasteiger partial charge in [-0.05, 0) is 43.0 Å². The number of hydrogen-bond acceptors (Lipinski definition) is 2. The van der Waals surface area contributed by atoms with Gasteiger partial charge in [0.1, 0.15) is 6.23 Å². The first-order valence-corrected chi connectivity index (χ1v) is 6.13. The molecule has 96 valence electrons. The Balaban J connectivity index is 3.28. The van der Waals surface area contributed by atoms with Gasteiger partial charge in [0.15, 0.2) is 0 Å². The van der Waals surface area contributed by atoms with E-state index in [0.717, 1.165) is 0 Å². The molecule has 0 aromatic heterocycles. The van der Waals surface area contributed by atoms with E-state index in [9.17, 15) is 0 Å². The van der Waals surface area contributed by atoms with Crippen LogP contribution in [0.2, 0.25) is 0 Å². The molecule has 0 heterocycles. The van der Waals surface area contributed by atoms with Crippen molar-refractivity contribution >= 4 is 0 Å². The van der Waals surface area contributed by atoms with E-state index in [4.69, 9.17) is 4.74 Å². The molecule has 0 bridgehead atoms. The van der Waals surface area contributed by atoms with Crippen LogP contribution >= 0.6 is 0 Å². The average Bonchev–Trinajstić information content (AvgIpc) is 2.21. The maximum Gasteiger partial charge on any atom is 0.134 e. The fraction of sp³-hybridized carbons (Fsp3) is 0.600. The Morgan fingerprint density at radius 3 is 1.88 bits per heavy atom. The topological polar surface area (TPSA) is 21.3 Å². The van der Waals surface area contributed by atoms with Crippen LogP contribution < -0.4 is 5.32 Å². The van der Waals surface area contributed by atoms with E-state index in [1.165, 1.54) is 22.3 Å². The molecule has 1 atom stereocenters. The van der Waals surface area contributed by atoms with Crippen molar-refractivity contribution in [3.05, 3.63) is 34.4 Å². The summed E-state index contributed by atoms with van der Waals surface area (Å²) >= 11 is 0. The van der Waals surface area contributed by atoms with Gasteiger partial charge in [-0.1, -0.05) is 32.9 Å². The number of benzene rings is 1. The quantitative estimate of drug-likeness (QED) is 0.810. The lowest BCUT2D eigenvalue weighted by Gasteiger charge is -2.25. The van der Waals surface area contributed by atoms with Crippen LogP contribution in [0.4, 0.5) is 0 Å². The van der Waals surface area contributed by atoms with E-state index < -0.39 is 0 Å². The van der Waals surface area contributed by atoms with E-state index in [1.807, 2.05) is 7.05 Å². The van der Waals surface area contributed by atoms with Crippen LogP contribution in [0.15, 0.2) is 12.1 Å². The Labute approximate surface area is 105 Å². The van der Waals surface area contributed by atoms with Crippen molar-refractivity contribution in [3.8, 4) is 0 Å². The zero-order valence-corrected chi connectivity index (χ0v) is 12.1. The molecule has 0 amide bonds. The molecule has 1 aromatic carbocycles. The molecule has 17 heavy (non-hydrogen) atoms. The van der Waals surface area contributed by atoms with Gasteiger partial charge in [0.05, 0.1) is 0 Å². The summed E-state index contributed by atoms with van der Waals surface area (Å²) in [7, 11) is 3.66. The first kappa shape index (κ1) is 14.2. The lowest BCUT2D eigenvalue weighted by atomic mass is 9.83. The first-order valence-electron chi connectivity index (χ1n) is 6.13. The Morgan fingerprint density at radius 2 is 1.59 bits per heavy atom. The Bertz CT molecular complexity index is 363. The van der Waals surface area contributed by atoms with Gasteiger partial charge in [-0.2, -0.15) is 0 Å². The van der Waals surface area contributed by atoms with Gasteiger partial charge in [-0.15, -0.1) is 0 Å². The van der Waals surface area contributed by atoms with Gasteiger partial charge >= 0.3 is 0 Å². The summed E-state index contributed by atoms with van der Waals surface area (Å²) in [4.78, 5) is 0. The summed E-state index contributed by atoms with van der Waals surface area (Å²) in [5.41, 5.74) is 5.40. The maximum atomic E-state index is 5.46. The van der Waals surface area contributed by atoms with Crippen LogP contribution in [0.3, 0.4) is 0 Å². The summed E-state index contributed by atoms with van der Waals surface area (Å²) in [6, 6.07) is 4.54. The minimum atomic E-state index is -0.0241. The van der Waals surface area contributed by atoms with Crippen LogP contribution in [0.25, 0.3) is 0 Å². The molecule has 0 aliphatic heterocycles. The highest BCUT2D eigenvalue weighted by Crippen LogP contribution is 2.29. The van der Waals surface area contributed by atoms with Crippen LogP contribution in [-0.2, 0) is 10.2 Å². The number of rotatable bonds is 3. The molecular weight excluding hydrogens is 210 g/mol. The molecule has 2 nitrogen and oxygen atoms in total. The number of aryl methyl sites for hydroxylation is 2. The third kappa shape index (κ3) is 3.08. The van der Waals surface area contributed by atoms with Gasteiger partial charge in [0.25, 0.3) is 0 Å². The predicted molar refractivity (Wildman–Crippen MR) is 73.4 cm³/mol. The van der Waals surface area contributed by atoms with E-state index in [1.54, 1.807) is 7.11 Å². The molecule has 0 radical (unpaired) electrons. The van der Waals surface area contributed by atoms with E-state index in [0.29, 0.717) is 0 Å². The Hall–Kier alpha value is -0.860. The van der Waals surface area contributed by atoms with Crippen molar-refractivity contribution < 1.29 is 4.74 Å². The molecule has 0 spiro atoms. The first-order chi connectivity index (χ1) is 7.81. The molecule has 1 aromatic rings. The smallest absolute Gasteiger partial charge is 0.134 e. The highest BCUT2D eigenvalue weighted by molar-refractivity contribution is 5.41. The molecule has 1 N–H and O–H groups in total. The summed E-state index contributed by atoms with van der Waals surface area (Å²) in [6.45, 7) is 11.0. The summed E-state index contributed by atoms with van der Waals surface area (Å²) < 4.78 is 5.46. The minimum Gasteiger partial charge on any atom is -0.362 e. The number of nitrogens with one attached hydrogen (secondary N) is 1. The molecule has 0 fully saturated rings. The van der Waals surface area contributed by atoms with E-state index in [-0.39, 0.29) is 11.6 Å². The summed E-state index contributed by atoms with van der Waals surface area (Å²) in [5, 5.41) is 3.19. The lowest BCUT2D eigenvalue weighted by Crippen LogP contribution is -2.21. The Kier molecular flexibility index (Phi) is 4.34. The second-order valence-corrected chi connectivity index (χ2v) is 5.68. The fourth-order valence-electron chi connectivity index (χ4n) is 2.20. The summed E-state index contributed by atoms with van der Waals surface area (Å²) in [5.74, 6) is 0. The Morgan fingerprint density at radius 1 is 1.12 bits per heavy atom. The van der Waals surface area contributed by atoms with Gasteiger partial charge < -0.3 is 4.74 Å². The van der Waals surface area contributed by atoms with Gasteiger partial charge in [0.2, 0.25) is 0 Å².